The topological polar surface area (TPSA) is 0 Å². The molecular weight excluding hydrogens is 238 g/mol. The highest BCUT2D eigenvalue weighted by molar-refractivity contribution is 6.32. The molecule has 0 fully saturated rings. The maximum absolute atomic E-state index is 5.81. The molecule has 0 unspecified atom stereocenters. The molecule has 0 spiro atoms. The number of hydrogen-bond acceptors (Lipinski definition) is 0. The van der Waals surface area contributed by atoms with Crippen LogP contribution >= 0.6 is 0 Å². The van der Waals surface area contributed by atoms with Crippen molar-refractivity contribution in [3.8, 4) is 0 Å². The Morgan fingerprint density at radius 3 is 1.45 bits per heavy atom. The average molecular weight is 258 g/mol. The average Bonchev–Trinajstić information content (AvgIpc) is 2.39. The van der Waals surface area contributed by atoms with Crippen molar-refractivity contribution in [2.45, 2.75) is 32.6 Å². The van der Waals surface area contributed by atoms with Crippen LogP contribution in [-0.4, -0.2) is 15.7 Å². The lowest BCUT2D eigenvalue weighted by Gasteiger charge is -2.33. The molecule has 2 rings (SSSR count). The third-order valence-corrected chi connectivity index (χ3v) is 3.91. The van der Waals surface area contributed by atoms with Crippen molar-refractivity contribution in [2.24, 2.45) is 5.92 Å². The van der Waals surface area contributed by atoms with Crippen LogP contribution in [0.25, 0.3) is 0 Å². The van der Waals surface area contributed by atoms with Crippen molar-refractivity contribution in [1.82, 2.24) is 0 Å². The van der Waals surface area contributed by atoms with E-state index < -0.39 is 0 Å². The largest absolute Gasteiger partial charge is 0.113 e. The maximum Gasteiger partial charge on any atom is 0.113 e. The van der Waals surface area contributed by atoms with E-state index in [9.17, 15) is 0 Å². The van der Waals surface area contributed by atoms with Crippen LogP contribution in [0.15, 0.2) is 48.5 Å². The van der Waals surface area contributed by atoms with E-state index in [-0.39, 0.29) is 5.41 Å². The monoisotopic (exact) mass is 258 g/mol. The van der Waals surface area contributed by atoms with Gasteiger partial charge in [-0.15, -0.1) is 0 Å². The Bertz CT molecular complexity index is 507. The number of hydrogen-bond donors (Lipinski definition) is 0. The summed E-state index contributed by atoms with van der Waals surface area (Å²) in [5.74, 6) is 0.607. The van der Waals surface area contributed by atoms with Gasteiger partial charge in [0.15, 0.2) is 0 Å². The molecule has 4 radical (unpaired) electrons. The van der Waals surface area contributed by atoms with Gasteiger partial charge >= 0.3 is 0 Å². The van der Waals surface area contributed by atoms with E-state index in [1.807, 2.05) is 24.3 Å². The van der Waals surface area contributed by atoms with Crippen molar-refractivity contribution in [3.63, 3.8) is 0 Å². The molecule has 0 amide bonds. The third-order valence-electron chi connectivity index (χ3n) is 3.91. The van der Waals surface area contributed by atoms with Crippen molar-refractivity contribution in [2.75, 3.05) is 0 Å². The van der Waals surface area contributed by atoms with Gasteiger partial charge < -0.3 is 0 Å². The zero-order valence-electron chi connectivity index (χ0n) is 12.6. The lowest BCUT2D eigenvalue weighted by molar-refractivity contribution is 0.428. The fraction of sp³-hybridized carbons (Fsp3) is 0.333. The molecule has 0 saturated heterocycles. The Labute approximate surface area is 125 Å². The molecule has 0 heterocycles. The Morgan fingerprint density at radius 1 is 0.800 bits per heavy atom. The summed E-state index contributed by atoms with van der Waals surface area (Å²) in [6.45, 7) is 6.81. The normalized spacial score (nSPS) is 11.8. The zero-order chi connectivity index (χ0) is 14.8. The molecule has 0 aliphatic heterocycles. The molecule has 0 aliphatic carbocycles. The highest BCUT2D eigenvalue weighted by Gasteiger charge is 2.29. The number of rotatable bonds is 4. The van der Waals surface area contributed by atoms with E-state index in [0.29, 0.717) is 5.92 Å². The predicted molar refractivity (Wildman–Crippen MR) is 89.6 cm³/mol. The Balaban J connectivity index is 2.49. The summed E-state index contributed by atoms with van der Waals surface area (Å²) in [7, 11) is 11.6. The van der Waals surface area contributed by atoms with Gasteiger partial charge in [0, 0.05) is 5.41 Å². The van der Waals surface area contributed by atoms with E-state index in [1.54, 1.807) is 0 Å². The van der Waals surface area contributed by atoms with Gasteiger partial charge in [0.2, 0.25) is 0 Å². The van der Waals surface area contributed by atoms with Gasteiger partial charge in [0.05, 0.1) is 0 Å². The minimum atomic E-state index is -0.0183. The molecule has 0 aromatic heterocycles. The van der Waals surface area contributed by atoms with E-state index in [1.165, 1.54) is 11.1 Å². The molecule has 0 saturated carbocycles. The van der Waals surface area contributed by atoms with Gasteiger partial charge in [-0.3, -0.25) is 0 Å². The lowest BCUT2D eigenvalue weighted by atomic mass is 9.70. The van der Waals surface area contributed by atoms with Gasteiger partial charge in [-0.1, -0.05) is 80.2 Å². The second kappa shape index (κ2) is 5.91. The Morgan fingerprint density at radius 2 is 1.15 bits per heavy atom. The summed E-state index contributed by atoms with van der Waals surface area (Å²) >= 11 is 0. The molecule has 0 aliphatic rings. The highest BCUT2D eigenvalue weighted by atomic mass is 14.3. The Kier molecular flexibility index (Phi) is 4.42. The third kappa shape index (κ3) is 3.17. The first-order chi connectivity index (χ1) is 9.41. The molecular formula is C18H20B2. The van der Waals surface area contributed by atoms with Crippen LogP contribution in [0.4, 0.5) is 0 Å². The fourth-order valence-corrected chi connectivity index (χ4v) is 2.92. The van der Waals surface area contributed by atoms with Gasteiger partial charge in [0.1, 0.15) is 15.7 Å². The summed E-state index contributed by atoms with van der Waals surface area (Å²) in [4.78, 5) is 0. The van der Waals surface area contributed by atoms with Gasteiger partial charge in [-0.25, -0.2) is 0 Å². The van der Waals surface area contributed by atoms with E-state index in [4.69, 9.17) is 15.7 Å². The van der Waals surface area contributed by atoms with Crippen LogP contribution < -0.4 is 10.9 Å². The molecule has 0 N–H and O–H groups in total. The summed E-state index contributed by atoms with van der Waals surface area (Å²) in [5.41, 5.74) is 4.18. The van der Waals surface area contributed by atoms with Crippen molar-refractivity contribution < 1.29 is 0 Å². The second-order valence-corrected chi connectivity index (χ2v) is 6.17. The minimum Gasteiger partial charge on any atom is -0.0967 e. The van der Waals surface area contributed by atoms with E-state index in [0.717, 1.165) is 17.3 Å². The molecule has 0 bridgehead atoms. The minimum absolute atomic E-state index is 0.0183. The van der Waals surface area contributed by atoms with Crippen molar-refractivity contribution in [1.29, 1.82) is 0 Å². The van der Waals surface area contributed by atoms with E-state index in [2.05, 4.69) is 45.0 Å². The quantitative estimate of drug-likeness (QED) is 0.739. The van der Waals surface area contributed by atoms with Crippen LogP contribution in [0.3, 0.4) is 0 Å². The van der Waals surface area contributed by atoms with Gasteiger partial charge in [-0.05, 0) is 23.5 Å². The van der Waals surface area contributed by atoms with E-state index >= 15 is 0 Å². The molecule has 2 aromatic carbocycles. The predicted octanol–water partition coefficient (Wildman–Crippen LogP) is 2.63. The first-order valence-corrected chi connectivity index (χ1v) is 7.14. The summed E-state index contributed by atoms with van der Waals surface area (Å²) < 4.78 is 0. The SMILES string of the molecule is [B]c1ccc(C(C)(CC(C)C)c2ccc([B])cc2)cc1. The smallest absolute Gasteiger partial charge is 0.0967 e. The number of benzene rings is 2. The van der Waals surface area contributed by atoms with Gasteiger partial charge in [-0.2, -0.15) is 0 Å². The standard InChI is InChI=1S/C18H20B2/c1-13(2)12-18(3,14-4-8-16(19)9-5-14)15-6-10-17(20)11-7-15/h4-11,13H,12H2,1-3H3. The fourth-order valence-electron chi connectivity index (χ4n) is 2.92. The lowest BCUT2D eigenvalue weighted by Crippen LogP contribution is -2.27. The molecule has 20 heavy (non-hydrogen) atoms. The van der Waals surface area contributed by atoms with Crippen molar-refractivity contribution >= 4 is 26.6 Å². The summed E-state index contributed by atoms with van der Waals surface area (Å²) in [6.07, 6.45) is 1.08. The first-order valence-electron chi connectivity index (χ1n) is 7.14. The van der Waals surface area contributed by atoms with Crippen molar-refractivity contribution in [3.05, 3.63) is 59.7 Å². The molecule has 2 aromatic rings. The second-order valence-electron chi connectivity index (χ2n) is 6.17. The molecule has 0 nitrogen and oxygen atoms in total. The van der Waals surface area contributed by atoms with Crippen LogP contribution in [0, 0.1) is 5.92 Å². The molecule has 98 valence electrons. The van der Waals surface area contributed by atoms with Gasteiger partial charge in [0.25, 0.3) is 0 Å². The zero-order valence-corrected chi connectivity index (χ0v) is 12.6. The van der Waals surface area contributed by atoms with Crippen LogP contribution in [-0.2, 0) is 5.41 Å². The van der Waals surface area contributed by atoms with Crippen LogP contribution in [0.2, 0.25) is 0 Å². The summed E-state index contributed by atoms with van der Waals surface area (Å²) in [6, 6.07) is 16.4. The molecule has 2 heteroatoms. The maximum atomic E-state index is 5.81. The molecule has 0 atom stereocenters. The van der Waals surface area contributed by atoms with Crippen LogP contribution in [0.5, 0.6) is 0 Å². The Hall–Kier alpha value is -1.43. The summed E-state index contributed by atoms with van der Waals surface area (Å²) in [5, 5.41) is 0. The van der Waals surface area contributed by atoms with Crippen LogP contribution in [0.1, 0.15) is 38.3 Å². The first kappa shape index (κ1) is 15.0. The highest BCUT2D eigenvalue weighted by Crippen LogP contribution is 2.37.